The van der Waals surface area contributed by atoms with Gasteiger partial charge in [-0.15, -0.1) is 0 Å². The molecule has 0 bridgehead atoms. The van der Waals surface area contributed by atoms with E-state index in [2.05, 4.69) is 0 Å². The Labute approximate surface area is 41.6 Å². The Morgan fingerprint density at radius 1 is 1.43 bits per heavy atom. The monoisotopic (exact) mass is 124 g/mol. The molecule has 0 aliphatic heterocycles. The molecule has 5 heteroatoms. The fourth-order valence-corrected chi connectivity index (χ4v) is 0.298. The number of rotatable bonds is 1. The first-order valence-electron chi connectivity index (χ1n) is 1.42. The van der Waals surface area contributed by atoms with Crippen LogP contribution in [-0.4, -0.2) is 30.3 Å². The van der Waals surface area contributed by atoms with Crippen LogP contribution < -0.4 is 0 Å². The van der Waals surface area contributed by atoms with E-state index >= 15 is 0 Å². The van der Waals surface area contributed by atoms with Crippen molar-refractivity contribution >= 4 is 15.7 Å². The molecule has 0 saturated heterocycles. The van der Waals surface area contributed by atoms with Crippen molar-refractivity contribution in [2.24, 2.45) is 0 Å². The van der Waals surface area contributed by atoms with E-state index in [0.717, 1.165) is 0 Å². The van der Waals surface area contributed by atoms with Gasteiger partial charge in [-0.3, -0.25) is 0 Å². The van der Waals surface area contributed by atoms with Crippen molar-refractivity contribution in [2.45, 2.75) is 6.29 Å². The van der Waals surface area contributed by atoms with Crippen LogP contribution in [-0.2, 0) is 10.3 Å². The number of aliphatic hydroxyl groups is 2. The lowest BCUT2D eigenvalue weighted by Gasteiger charge is -1.82. The zero-order valence-electron chi connectivity index (χ0n) is 3.27. The highest BCUT2D eigenvalue weighted by atomic mass is 32.2. The zero-order chi connectivity index (χ0) is 5.86. The van der Waals surface area contributed by atoms with Gasteiger partial charge in [-0.1, -0.05) is 0 Å². The van der Waals surface area contributed by atoms with E-state index in [9.17, 15) is 8.42 Å². The van der Waals surface area contributed by atoms with Gasteiger partial charge in [0.05, 0.1) is 5.37 Å². The van der Waals surface area contributed by atoms with E-state index in [-0.39, 0.29) is 0 Å². The predicted molar refractivity (Wildman–Crippen MR) is 23.2 cm³/mol. The van der Waals surface area contributed by atoms with Crippen LogP contribution in [0.3, 0.4) is 0 Å². The molecule has 0 spiro atoms. The first kappa shape index (κ1) is 6.61. The molecule has 0 aromatic carbocycles. The highest BCUT2D eigenvalue weighted by molar-refractivity contribution is 7.71. The molecule has 0 aliphatic carbocycles. The summed E-state index contributed by atoms with van der Waals surface area (Å²) in [4.78, 5) is 0. The standard InChI is InChI=1S/C2H4O4S/c3-2(4)1-7(5)6/h1-4H. The number of hydrogen-bond acceptors (Lipinski definition) is 4. The van der Waals surface area contributed by atoms with Crippen molar-refractivity contribution in [1.82, 2.24) is 0 Å². The Bertz CT molecular complexity index is 145. The SMILES string of the molecule is O=S(=O)=CC(O)O. The second-order valence-corrected chi connectivity index (χ2v) is 1.60. The summed E-state index contributed by atoms with van der Waals surface area (Å²) in [6.07, 6.45) is -1.86. The second kappa shape index (κ2) is 2.73. The van der Waals surface area contributed by atoms with E-state index in [1.807, 2.05) is 0 Å². The topological polar surface area (TPSA) is 74.6 Å². The fourth-order valence-electron chi connectivity index (χ4n) is 0.0994. The lowest BCUT2D eigenvalue weighted by atomic mass is 10.8. The molecule has 0 aliphatic rings. The maximum Gasteiger partial charge on any atom is 0.215 e. The molecule has 0 rings (SSSR count). The van der Waals surface area contributed by atoms with Crippen molar-refractivity contribution in [3.05, 3.63) is 0 Å². The van der Waals surface area contributed by atoms with E-state index in [1.165, 1.54) is 0 Å². The molecule has 0 radical (unpaired) electrons. The third-order valence-electron chi connectivity index (χ3n) is 0.233. The van der Waals surface area contributed by atoms with Gasteiger partial charge in [0, 0.05) is 0 Å². The maximum absolute atomic E-state index is 9.43. The molecular formula is C2H4O4S. The van der Waals surface area contributed by atoms with Gasteiger partial charge >= 0.3 is 0 Å². The summed E-state index contributed by atoms with van der Waals surface area (Å²) in [6, 6.07) is 0. The van der Waals surface area contributed by atoms with E-state index in [4.69, 9.17) is 10.2 Å². The molecule has 4 nitrogen and oxygen atoms in total. The Hall–Kier alpha value is -0.390. The minimum atomic E-state index is -2.47. The van der Waals surface area contributed by atoms with Crippen LogP contribution in [0.15, 0.2) is 0 Å². The number of aliphatic hydroxyl groups excluding tert-OH is 1. The smallest absolute Gasteiger partial charge is 0.215 e. The van der Waals surface area contributed by atoms with Gasteiger partial charge in [-0.25, -0.2) is 0 Å². The zero-order valence-corrected chi connectivity index (χ0v) is 4.09. The molecule has 2 N–H and O–H groups in total. The molecule has 0 aromatic rings. The summed E-state index contributed by atoms with van der Waals surface area (Å²) in [7, 11) is -2.47. The van der Waals surface area contributed by atoms with Gasteiger partial charge in [0.15, 0.2) is 6.29 Å². The fraction of sp³-hybridized carbons (Fsp3) is 0.500. The summed E-state index contributed by atoms with van der Waals surface area (Å²) < 4.78 is 18.9. The van der Waals surface area contributed by atoms with Crippen LogP contribution in [0, 0.1) is 0 Å². The largest absolute Gasteiger partial charge is 0.364 e. The van der Waals surface area contributed by atoms with Gasteiger partial charge in [-0.05, 0) is 0 Å². The average Bonchev–Trinajstić information content (AvgIpc) is 1.27. The average molecular weight is 124 g/mol. The Kier molecular flexibility index (Phi) is 2.58. The van der Waals surface area contributed by atoms with E-state index in [1.54, 1.807) is 0 Å². The van der Waals surface area contributed by atoms with Crippen molar-refractivity contribution < 1.29 is 18.6 Å². The molecule has 0 fully saturated rings. The minimum Gasteiger partial charge on any atom is -0.364 e. The summed E-state index contributed by atoms with van der Waals surface area (Å²) >= 11 is 0. The molecule has 0 heterocycles. The van der Waals surface area contributed by atoms with Crippen molar-refractivity contribution in [1.29, 1.82) is 0 Å². The van der Waals surface area contributed by atoms with Gasteiger partial charge in [0.1, 0.15) is 0 Å². The molecule has 0 atom stereocenters. The quantitative estimate of drug-likeness (QED) is 0.312. The molecule has 7 heavy (non-hydrogen) atoms. The van der Waals surface area contributed by atoms with Gasteiger partial charge in [0.2, 0.25) is 10.3 Å². The molecule has 42 valence electrons. The lowest BCUT2D eigenvalue weighted by Crippen LogP contribution is -2.04. The van der Waals surface area contributed by atoms with E-state index in [0.29, 0.717) is 5.37 Å². The Balaban J connectivity index is 3.96. The third kappa shape index (κ3) is 5.61. The summed E-state index contributed by atoms with van der Waals surface area (Å²) in [6.45, 7) is 0. The minimum absolute atomic E-state index is 0.361. The van der Waals surface area contributed by atoms with Crippen LogP contribution in [0.25, 0.3) is 0 Å². The first-order valence-corrected chi connectivity index (χ1v) is 2.56. The van der Waals surface area contributed by atoms with Crippen LogP contribution in [0.5, 0.6) is 0 Å². The highest BCUT2D eigenvalue weighted by Gasteiger charge is 1.85. The molecular weight excluding hydrogens is 120 g/mol. The molecule has 0 unspecified atom stereocenters. The summed E-state index contributed by atoms with van der Waals surface area (Å²) in [5, 5.41) is 16.0. The first-order chi connectivity index (χ1) is 3.13. The van der Waals surface area contributed by atoms with Gasteiger partial charge in [0.25, 0.3) is 0 Å². The van der Waals surface area contributed by atoms with Crippen molar-refractivity contribution in [3.8, 4) is 0 Å². The lowest BCUT2D eigenvalue weighted by molar-refractivity contribution is 0.0256. The molecule has 0 aromatic heterocycles. The van der Waals surface area contributed by atoms with E-state index < -0.39 is 16.6 Å². The van der Waals surface area contributed by atoms with Crippen LogP contribution >= 0.6 is 0 Å². The van der Waals surface area contributed by atoms with Gasteiger partial charge < -0.3 is 10.2 Å². The number of hydrogen-bond donors (Lipinski definition) is 2. The third-order valence-corrected chi connectivity index (χ3v) is 0.698. The van der Waals surface area contributed by atoms with Crippen molar-refractivity contribution in [3.63, 3.8) is 0 Å². The van der Waals surface area contributed by atoms with Crippen LogP contribution in [0.2, 0.25) is 0 Å². The highest BCUT2D eigenvalue weighted by Crippen LogP contribution is 1.59. The summed E-state index contributed by atoms with van der Waals surface area (Å²) in [5.74, 6) is 0. The normalized spacial score (nSPS) is 9.00. The van der Waals surface area contributed by atoms with Crippen LogP contribution in [0.1, 0.15) is 0 Å². The maximum atomic E-state index is 9.43. The van der Waals surface area contributed by atoms with Gasteiger partial charge in [-0.2, -0.15) is 8.42 Å². The summed E-state index contributed by atoms with van der Waals surface area (Å²) in [5.41, 5.74) is 0. The second-order valence-electron chi connectivity index (χ2n) is 0.810. The Morgan fingerprint density at radius 3 is 1.86 bits per heavy atom. The molecule has 0 amide bonds. The molecule has 0 saturated carbocycles. The van der Waals surface area contributed by atoms with Crippen LogP contribution in [0.4, 0.5) is 0 Å². The van der Waals surface area contributed by atoms with Crippen molar-refractivity contribution in [2.75, 3.05) is 0 Å². The Morgan fingerprint density at radius 2 is 1.86 bits per heavy atom. The predicted octanol–water partition coefficient (Wildman–Crippen LogP) is -2.02.